The molecular weight excluding hydrogens is 232 g/mol. The fourth-order valence-corrected chi connectivity index (χ4v) is 2.77. The Labute approximate surface area is 105 Å². The number of rotatable bonds is 2. The lowest BCUT2D eigenvalue weighted by Crippen LogP contribution is -2.43. The molecule has 0 spiro atoms. The minimum Gasteiger partial charge on any atom is -0.367 e. The number of nitrogens with zero attached hydrogens (tertiary/aromatic N) is 2. The van der Waals surface area contributed by atoms with Crippen molar-refractivity contribution in [3.63, 3.8) is 0 Å². The molecule has 98 valence electrons. The van der Waals surface area contributed by atoms with Crippen molar-refractivity contribution in [3.05, 3.63) is 27.9 Å². The maximum absolute atomic E-state index is 11.5. The number of H-pyrrole nitrogens is 1. The topological polar surface area (TPSA) is 84.2 Å². The molecule has 18 heavy (non-hydrogen) atoms. The average Bonchev–Trinajstić information content (AvgIpc) is 2.85. The highest BCUT2D eigenvalue weighted by Crippen LogP contribution is 2.28. The third kappa shape index (κ3) is 2.19. The fraction of sp³-hybridized carbons (Fsp3) is 0.667. The second-order valence-electron chi connectivity index (χ2n) is 4.94. The maximum Gasteiger partial charge on any atom is 0.251 e. The monoisotopic (exact) mass is 250 g/mol. The number of hydrogen-bond donors (Lipinski definition) is 2. The van der Waals surface area contributed by atoms with Crippen LogP contribution in [-0.4, -0.2) is 40.6 Å². The number of aromatic nitrogens is 2. The van der Waals surface area contributed by atoms with E-state index in [4.69, 9.17) is 10.5 Å². The van der Waals surface area contributed by atoms with Crippen LogP contribution in [0.25, 0.3) is 0 Å². The number of ether oxygens (including phenoxy) is 1. The zero-order chi connectivity index (χ0) is 12.5. The Morgan fingerprint density at radius 2 is 2.50 bits per heavy atom. The molecule has 0 aromatic carbocycles. The molecule has 1 aromatic heterocycles. The number of aromatic amines is 1. The summed E-state index contributed by atoms with van der Waals surface area (Å²) in [5.74, 6) is 0.605. The van der Waals surface area contributed by atoms with Crippen molar-refractivity contribution < 1.29 is 4.74 Å². The molecule has 2 fully saturated rings. The van der Waals surface area contributed by atoms with Crippen molar-refractivity contribution in [1.29, 1.82) is 0 Å². The Morgan fingerprint density at radius 3 is 3.33 bits per heavy atom. The first-order valence-corrected chi connectivity index (χ1v) is 6.42. The van der Waals surface area contributed by atoms with Gasteiger partial charge in [0.1, 0.15) is 11.9 Å². The molecule has 0 aliphatic carbocycles. The number of morpholine rings is 1. The zero-order valence-electron chi connectivity index (χ0n) is 10.3. The summed E-state index contributed by atoms with van der Waals surface area (Å²) in [7, 11) is 0. The van der Waals surface area contributed by atoms with Crippen LogP contribution in [-0.2, 0) is 11.3 Å². The molecule has 3 heterocycles. The molecule has 2 aliphatic heterocycles. The highest BCUT2D eigenvalue weighted by atomic mass is 16.5. The molecule has 3 N–H and O–H groups in total. The molecule has 2 unspecified atom stereocenters. The minimum absolute atomic E-state index is 0.140. The van der Waals surface area contributed by atoms with E-state index < -0.39 is 0 Å². The van der Waals surface area contributed by atoms with Gasteiger partial charge in [-0.05, 0) is 19.4 Å². The Morgan fingerprint density at radius 1 is 1.61 bits per heavy atom. The van der Waals surface area contributed by atoms with Gasteiger partial charge in [0.15, 0.2) is 0 Å². The number of nitrogens with two attached hydrogens (primary N) is 1. The van der Waals surface area contributed by atoms with Crippen LogP contribution in [0.2, 0.25) is 0 Å². The fourth-order valence-electron chi connectivity index (χ4n) is 2.77. The van der Waals surface area contributed by atoms with E-state index in [9.17, 15) is 4.79 Å². The van der Waals surface area contributed by atoms with Crippen LogP contribution in [0, 0.1) is 0 Å². The normalized spacial score (nSPS) is 28.3. The number of nitrogens with one attached hydrogen (secondary N) is 1. The van der Waals surface area contributed by atoms with Crippen LogP contribution >= 0.6 is 0 Å². The first kappa shape index (κ1) is 11.8. The largest absolute Gasteiger partial charge is 0.367 e. The van der Waals surface area contributed by atoms with Gasteiger partial charge in [-0.1, -0.05) is 0 Å². The van der Waals surface area contributed by atoms with Crippen LogP contribution < -0.4 is 11.3 Å². The molecular formula is C12H18N4O2. The molecule has 0 radical (unpaired) electrons. The minimum atomic E-state index is -0.160. The van der Waals surface area contributed by atoms with Crippen LogP contribution in [0.15, 0.2) is 10.9 Å². The first-order chi connectivity index (χ1) is 8.76. The highest BCUT2D eigenvalue weighted by molar-refractivity contribution is 5.05. The average molecular weight is 250 g/mol. The van der Waals surface area contributed by atoms with E-state index in [1.54, 1.807) is 0 Å². The van der Waals surface area contributed by atoms with E-state index in [1.165, 1.54) is 18.9 Å². The first-order valence-electron chi connectivity index (χ1n) is 6.42. The summed E-state index contributed by atoms with van der Waals surface area (Å²) in [4.78, 5) is 21.1. The quantitative estimate of drug-likeness (QED) is 0.757. The van der Waals surface area contributed by atoms with Gasteiger partial charge in [0.25, 0.3) is 5.56 Å². The SMILES string of the molecule is NCc1cc(=O)[nH]c(C2CN3CCCC3CO2)n1. The van der Waals surface area contributed by atoms with Gasteiger partial charge in [0.2, 0.25) is 0 Å². The zero-order valence-corrected chi connectivity index (χ0v) is 10.3. The molecule has 2 saturated heterocycles. The second-order valence-corrected chi connectivity index (χ2v) is 4.94. The van der Waals surface area contributed by atoms with Crippen LogP contribution in [0.1, 0.15) is 30.5 Å². The molecule has 0 amide bonds. The summed E-state index contributed by atoms with van der Waals surface area (Å²) in [6.07, 6.45) is 2.30. The molecule has 2 aliphatic rings. The Bertz CT molecular complexity index is 487. The van der Waals surface area contributed by atoms with Gasteiger partial charge in [-0.15, -0.1) is 0 Å². The van der Waals surface area contributed by atoms with Gasteiger partial charge in [0, 0.05) is 25.2 Å². The summed E-state index contributed by atoms with van der Waals surface area (Å²) in [6, 6.07) is 1.98. The van der Waals surface area contributed by atoms with Crippen molar-refractivity contribution >= 4 is 0 Å². The van der Waals surface area contributed by atoms with Gasteiger partial charge in [0.05, 0.1) is 12.3 Å². The summed E-state index contributed by atoms with van der Waals surface area (Å²) < 4.78 is 5.82. The van der Waals surface area contributed by atoms with E-state index >= 15 is 0 Å². The summed E-state index contributed by atoms with van der Waals surface area (Å²) in [6.45, 7) is 2.92. The van der Waals surface area contributed by atoms with E-state index in [0.717, 1.165) is 19.7 Å². The number of hydrogen-bond acceptors (Lipinski definition) is 5. The van der Waals surface area contributed by atoms with Crippen molar-refractivity contribution in [2.24, 2.45) is 5.73 Å². The van der Waals surface area contributed by atoms with Gasteiger partial charge in [-0.3, -0.25) is 9.69 Å². The lowest BCUT2D eigenvalue weighted by Gasteiger charge is -2.34. The van der Waals surface area contributed by atoms with E-state index in [2.05, 4.69) is 14.9 Å². The molecule has 6 heteroatoms. The molecule has 2 atom stereocenters. The Hall–Kier alpha value is -1.24. The summed E-state index contributed by atoms with van der Waals surface area (Å²) in [5.41, 5.74) is 5.99. The van der Waals surface area contributed by atoms with Crippen LogP contribution in [0.4, 0.5) is 0 Å². The summed E-state index contributed by atoms with van der Waals surface area (Å²) in [5, 5.41) is 0. The lowest BCUT2D eigenvalue weighted by molar-refractivity contribution is -0.0543. The second kappa shape index (κ2) is 4.79. The summed E-state index contributed by atoms with van der Waals surface area (Å²) >= 11 is 0. The smallest absolute Gasteiger partial charge is 0.251 e. The molecule has 0 saturated carbocycles. The van der Waals surface area contributed by atoms with E-state index in [-0.39, 0.29) is 18.2 Å². The maximum atomic E-state index is 11.5. The van der Waals surface area contributed by atoms with E-state index in [0.29, 0.717) is 17.6 Å². The van der Waals surface area contributed by atoms with Gasteiger partial charge >= 0.3 is 0 Å². The molecule has 6 nitrogen and oxygen atoms in total. The predicted octanol–water partition coefficient (Wildman–Crippen LogP) is -0.236. The van der Waals surface area contributed by atoms with Crippen LogP contribution in [0.5, 0.6) is 0 Å². The van der Waals surface area contributed by atoms with Gasteiger partial charge < -0.3 is 15.5 Å². The van der Waals surface area contributed by atoms with Gasteiger partial charge in [-0.2, -0.15) is 0 Å². The predicted molar refractivity (Wildman–Crippen MR) is 66.0 cm³/mol. The Kier molecular flexibility index (Phi) is 3.15. The van der Waals surface area contributed by atoms with Gasteiger partial charge in [-0.25, -0.2) is 4.98 Å². The third-order valence-electron chi connectivity index (χ3n) is 3.72. The molecule has 0 bridgehead atoms. The van der Waals surface area contributed by atoms with Crippen molar-refractivity contribution in [2.45, 2.75) is 31.5 Å². The third-order valence-corrected chi connectivity index (χ3v) is 3.72. The number of fused-ring (bicyclic) bond motifs is 1. The lowest BCUT2D eigenvalue weighted by atomic mass is 10.2. The molecule has 1 aromatic rings. The van der Waals surface area contributed by atoms with Crippen molar-refractivity contribution in [3.8, 4) is 0 Å². The van der Waals surface area contributed by atoms with Crippen molar-refractivity contribution in [1.82, 2.24) is 14.9 Å². The van der Waals surface area contributed by atoms with Crippen molar-refractivity contribution in [2.75, 3.05) is 19.7 Å². The Balaban J connectivity index is 1.82. The van der Waals surface area contributed by atoms with Crippen LogP contribution in [0.3, 0.4) is 0 Å². The highest BCUT2D eigenvalue weighted by Gasteiger charge is 2.33. The molecule has 3 rings (SSSR count). The van der Waals surface area contributed by atoms with E-state index in [1.807, 2.05) is 0 Å². The standard InChI is InChI=1S/C12H18N4O2/c13-5-8-4-11(17)15-12(14-8)10-6-16-3-1-2-9(16)7-18-10/h4,9-10H,1-3,5-7,13H2,(H,14,15,17).